The molecule has 5 N–H and O–H groups in total. The molecule has 0 aliphatic carbocycles. The van der Waals surface area contributed by atoms with E-state index >= 15 is 0 Å². The number of nitrogens with one attached hydrogen (secondary N) is 3. The SMILES string of the molecule is Cl.Cl.NS(=O)(=O)NCc1ccc(Nc2ccnc3[nH]c(=O)ccc23)c(Cl)c1. The zero-order valence-electron chi connectivity index (χ0n) is 13.6. The molecule has 12 heteroatoms. The molecule has 0 fully saturated rings. The van der Waals surface area contributed by atoms with Crippen LogP contribution in [-0.4, -0.2) is 18.4 Å². The lowest BCUT2D eigenvalue weighted by atomic mass is 10.2. The highest BCUT2D eigenvalue weighted by Crippen LogP contribution is 2.29. The number of fused-ring (bicyclic) bond motifs is 1. The first-order valence-corrected chi connectivity index (χ1v) is 9.05. The van der Waals surface area contributed by atoms with E-state index < -0.39 is 10.2 Å². The molecular weight excluding hydrogens is 437 g/mol. The Morgan fingerprint density at radius 1 is 1.11 bits per heavy atom. The summed E-state index contributed by atoms with van der Waals surface area (Å²) in [5.74, 6) is 0. The van der Waals surface area contributed by atoms with Crippen molar-refractivity contribution in [2.45, 2.75) is 6.54 Å². The molecule has 3 aromatic rings. The third kappa shape index (κ3) is 6.06. The summed E-state index contributed by atoms with van der Waals surface area (Å²) in [4.78, 5) is 18.2. The monoisotopic (exact) mass is 451 g/mol. The van der Waals surface area contributed by atoms with E-state index in [2.05, 4.69) is 20.0 Å². The molecule has 0 saturated heterocycles. The Labute approximate surface area is 172 Å². The highest BCUT2D eigenvalue weighted by molar-refractivity contribution is 7.87. The van der Waals surface area contributed by atoms with Gasteiger partial charge in [-0.25, -0.2) is 10.1 Å². The average molecular weight is 453 g/mol. The van der Waals surface area contributed by atoms with Gasteiger partial charge in [0.2, 0.25) is 5.56 Å². The smallest absolute Gasteiger partial charge is 0.274 e. The van der Waals surface area contributed by atoms with Crippen LogP contribution in [0.5, 0.6) is 0 Å². The van der Waals surface area contributed by atoms with E-state index in [0.29, 0.717) is 21.9 Å². The topological polar surface area (TPSA) is 130 Å². The number of nitrogens with zero attached hydrogens (tertiary/aromatic N) is 1. The molecule has 0 saturated carbocycles. The van der Waals surface area contributed by atoms with E-state index in [-0.39, 0.29) is 36.9 Å². The molecule has 2 aromatic heterocycles. The van der Waals surface area contributed by atoms with Crippen LogP contribution in [0.3, 0.4) is 0 Å². The fraction of sp³-hybridized carbons (Fsp3) is 0.0667. The second kappa shape index (κ2) is 9.36. The first-order chi connectivity index (χ1) is 11.8. The van der Waals surface area contributed by atoms with Crippen molar-refractivity contribution in [2.24, 2.45) is 5.14 Å². The van der Waals surface area contributed by atoms with Crippen LogP contribution in [0, 0.1) is 0 Å². The number of aromatic amines is 1. The lowest BCUT2D eigenvalue weighted by Gasteiger charge is -2.12. The Balaban J connectivity index is 0.00000182. The predicted octanol–water partition coefficient (Wildman–Crippen LogP) is 2.46. The Bertz CT molecular complexity index is 1110. The molecule has 146 valence electrons. The average Bonchev–Trinajstić information content (AvgIpc) is 2.54. The molecule has 0 aliphatic rings. The van der Waals surface area contributed by atoms with Crippen LogP contribution in [0.4, 0.5) is 11.4 Å². The molecule has 0 unspecified atom stereocenters. The van der Waals surface area contributed by atoms with Crippen LogP contribution in [0.25, 0.3) is 11.0 Å². The van der Waals surface area contributed by atoms with Gasteiger partial charge in [0.1, 0.15) is 5.65 Å². The Hall–Kier alpha value is -1.88. The van der Waals surface area contributed by atoms with E-state index in [0.717, 1.165) is 11.1 Å². The largest absolute Gasteiger partial charge is 0.354 e. The zero-order chi connectivity index (χ0) is 18.0. The number of benzene rings is 1. The standard InChI is InChI=1S/C15H14ClN5O3S.2ClH/c16-11-7-9(8-19-25(17,23)24)1-3-13(11)20-12-5-6-18-15-10(12)2-4-14(22)21-15;;/h1-7,19H,8H2,(H2,17,23,24)(H2,18,20,21,22);2*1H. The van der Waals surface area contributed by atoms with E-state index in [1.807, 2.05) is 0 Å². The van der Waals surface area contributed by atoms with Crippen molar-refractivity contribution in [2.75, 3.05) is 5.32 Å². The molecule has 2 heterocycles. The van der Waals surface area contributed by atoms with Gasteiger partial charge in [0.05, 0.1) is 16.4 Å². The number of nitrogens with two attached hydrogens (primary N) is 1. The maximum absolute atomic E-state index is 11.4. The number of rotatable bonds is 5. The van der Waals surface area contributed by atoms with Crippen LogP contribution >= 0.6 is 36.4 Å². The van der Waals surface area contributed by atoms with Crippen molar-refractivity contribution in [3.05, 3.63) is 63.5 Å². The first-order valence-electron chi connectivity index (χ1n) is 7.13. The lowest BCUT2D eigenvalue weighted by Crippen LogP contribution is -2.30. The molecule has 8 nitrogen and oxygen atoms in total. The van der Waals surface area contributed by atoms with Crippen molar-refractivity contribution in [3.63, 3.8) is 0 Å². The van der Waals surface area contributed by atoms with Gasteiger partial charge in [0.15, 0.2) is 0 Å². The fourth-order valence-electron chi connectivity index (χ4n) is 2.27. The van der Waals surface area contributed by atoms with Gasteiger partial charge in [-0.1, -0.05) is 17.7 Å². The van der Waals surface area contributed by atoms with Gasteiger partial charge >= 0.3 is 0 Å². The number of halogens is 3. The number of pyridine rings is 2. The molecule has 1 aromatic carbocycles. The van der Waals surface area contributed by atoms with Crippen molar-refractivity contribution in [1.29, 1.82) is 0 Å². The molecule has 0 radical (unpaired) electrons. The third-order valence-electron chi connectivity index (χ3n) is 3.41. The van der Waals surface area contributed by atoms with Gasteiger partial charge in [-0.15, -0.1) is 24.8 Å². The molecular formula is C15H16Cl3N5O3S. The quantitative estimate of drug-likeness (QED) is 0.472. The molecule has 0 amide bonds. The van der Waals surface area contributed by atoms with Crippen LogP contribution < -0.4 is 20.7 Å². The molecule has 0 spiro atoms. The maximum Gasteiger partial charge on any atom is 0.274 e. The number of aromatic nitrogens is 2. The van der Waals surface area contributed by atoms with Crippen molar-refractivity contribution in [3.8, 4) is 0 Å². The summed E-state index contributed by atoms with van der Waals surface area (Å²) >= 11 is 6.26. The summed E-state index contributed by atoms with van der Waals surface area (Å²) in [6.45, 7) is 0.0399. The summed E-state index contributed by atoms with van der Waals surface area (Å²) in [7, 11) is -3.77. The summed E-state index contributed by atoms with van der Waals surface area (Å²) in [6.07, 6.45) is 1.57. The van der Waals surface area contributed by atoms with Crippen LogP contribution in [-0.2, 0) is 16.8 Å². The summed E-state index contributed by atoms with van der Waals surface area (Å²) < 4.78 is 24.1. The normalized spacial score (nSPS) is 10.7. The second-order valence-corrected chi connectivity index (χ2v) is 7.03. The van der Waals surface area contributed by atoms with Crippen LogP contribution in [0.2, 0.25) is 5.02 Å². The van der Waals surface area contributed by atoms with Gasteiger partial charge in [-0.05, 0) is 29.8 Å². The van der Waals surface area contributed by atoms with Gasteiger partial charge in [0.25, 0.3) is 10.2 Å². The number of H-pyrrole nitrogens is 1. The maximum atomic E-state index is 11.4. The van der Waals surface area contributed by atoms with Crippen molar-refractivity contribution < 1.29 is 8.42 Å². The predicted molar refractivity (Wildman–Crippen MR) is 112 cm³/mol. The van der Waals surface area contributed by atoms with Crippen LogP contribution in [0.15, 0.2) is 47.4 Å². The number of anilines is 2. The molecule has 0 bridgehead atoms. The summed E-state index contributed by atoms with van der Waals surface area (Å²) in [6, 6.07) is 9.92. The minimum absolute atomic E-state index is 0. The molecule has 0 aliphatic heterocycles. The third-order valence-corrected chi connectivity index (χ3v) is 4.27. The fourth-order valence-corrected chi connectivity index (χ4v) is 2.89. The van der Waals surface area contributed by atoms with E-state index in [1.54, 1.807) is 36.5 Å². The zero-order valence-corrected chi connectivity index (χ0v) is 16.8. The first kappa shape index (κ1) is 23.2. The number of hydrogen-bond donors (Lipinski definition) is 4. The highest BCUT2D eigenvalue weighted by Gasteiger charge is 2.08. The van der Waals surface area contributed by atoms with Crippen molar-refractivity contribution in [1.82, 2.24) is 14.7 Å². The Morgan fingerprint density at radius 3 is 2.52 bits per heavy atom. The lowest BCUT2D eigenvalue weighted by molar-refractivity contribution is 0.583. The minimum Gasteiger partial charge on any atom is -0.354 e. The number of hydrogen-bond acceptors (Lipinski definition) is 5. The van der Waals surface area contributed by atoms with Gasteiger partial charge in [-0.3, -0.25) is 4.79 Å². The van der Waals surface area contributed by atoms with E-state index in [1.165, 1.54) is 6.07 Å². The molecule has 3 rings (SSSR count). The summed E-state index contributed by atoms with van der Waals surface area (Å²) in [5.41, 5.74) is 2.23. The van der Waals surface area contributed by atoms with E-state index in [9.17, 15) is 13.2 Å². The van der Waals surface area contributed by atoms with Gasteiger partial charge < -0.3 is 10.3 Å². The van der Waals surface area contributed by atoms with E-state index in [4.69, 9.17) is 16.7 Å². The highest BCUT2D eigenvalue weighted by atomic mass is 35.5. The Kier molecular flexibility index (Phi) is 8.03. The Morgan fingerprint density at radius 2 is 1.85 bits per heavy atom. The molecule has 27 heavy (non-hydrogen) atoms. The van der Waals surface area contributed by atoms with Gasteiger partial charge in [-0.2, -0.15) is 13.1 Å². The van der Waals surface area contributed by atoms with Crippen LogP contribution in [0.1, 0.15) is 5.56 Å². The summed E-state index contributed by atoms with van der Waals surface area (Å²) in [5, 5.41) is 9.22. The van der Waals surface area contributed by atoms with Crippen molar-refractivity contribution >= 4 is 69.0 Å². The molecule has 0 atom stereocenters. The van der Waals surface area contributed by atoms with Gasteiger partial charge in [0, 0.05) is 24.2 Å². The second-order valence-electron chi connectivity index (χ2n) is 5.25. The minimum atomic E-state index is -3.77.